The van der Waals surface area contributed by atoms with Crippen LogP contribution >= 0.6 is 0 Å². The van der Waals surface area contributed by atoms with Crippen LogP contribution in [-0.4, -0.2) is 45.2 Å². The molecule has 3 aromatic carbocycles. The van der Waals surface area contributed by atoms with Crippen LogP contribution in [0.1, 0.15) is 23.6 Å². The van der Waals surface area contributed by atoms with Crippen molar-refractivity contribution >= 4 is 18.1 Å². The first-order chi connectivity index (χ1) is 16.1. The molecule has 0 bridgehead atoms. The van der Waals surface area contributed by atoms with Gasteiger partial charge in [-0.2, -0.15) is 4.31 Å². The average molecular weight is 494 g/mol. The molecule has 34 heavy (non-hydrogen) atoms. The van der Waals surface area contributed by atoms with Gasteiger partial charge in [-0.15, -0.1) is 0 Å². The molecule has 0 radical (unpaired) electrons. The number of sulfonamides is 1. The highest BCUT2D eigenvalue weighted by Gasteiger charge is 2.56. The lowest BCUT2D eigenvalue weighted by Crippen LogP contribution is -2.38. The Morgan fingerprint density at radius 2 is 1.24 bits per heavy atom. The van der Waals surface area contributed by atoms with E-state index in [1.54, 1.807) is 4.31 Å². The molecule has 1 unspecified atom stereocenters. The van der Waals surface area contributed by atoms with Crippen LogP contribution in [0.4, 0.5) is 0 Å². The van der Waals surface area contributed by atoms with Gasteiger partial charge in [0.1, 0.15) is 5.60 Å². The monoisotopic (exact) mass is 493 g/mol. The summed E-state index contributed by atoms with van der Waals surface area (Å²) >= 11 is 0. The Hall–Kier alpha value is -2.25. The highest BCUT2D eigenvalue weighted by Crippen LogP contribution is 2.44. The van der Waals surface area contributed by atoms with E-state index in [4.69, 9.17) is 4.74 Å². The lowest BCUT2D eigenvalue weighted by atomic mass is 9.80. The molecule has 0 aromatic heterocycles. The van der Waals surface area contributed by atoms with Crippen LogP contribution in [0.2, 0.25) is 25.7 Å². The Labute approximate surface area is 205 Å². The van der Waals surface area contributed by atoms with E-state index in [1.165, 1.54) is 0 Å². The summed E-state index contributed by atoms with van der Waals surface area (Å²) in [6.45, 7) is 9.42. The van der Waals surface area contributed by atoms with Crippen LogP contribution in [-0.2, 0) is 20.4 Å². The minimum atomic E-state index is -3.30. The zero-order chi connectivity index (χ0) is 24.5. The van der Waals surface area contributed by atoms with Crippen LogP contribution in [0.15, 0.2) is 91.0 Å². The molecule has 3 aromatic rings. The summed E-state index contributed by atoms with van der Waals surface area (Å²) in [4.78, 5) is 0. The molecular weight excluding hydrogens is 458 g/mol. The number of hydrogen-bond acceptors (Lipinski definition) is 3. The third kappa shape index (κ3) is 5.20. The van der Waals surface area contributed by atoms with E-state index < -0.39 is 29.2 Å². The second kappa shape index (κ2) is 9.42. The molecule has 4 nitrogen and oxygen atoms in total. The van der Waals surface area contributed by atoms with Gasteiger partial charge in [-0.3, -0.25) is 0 Å². The predicted octanol–water partition coefficient (Wildman–Crippen LogP) is 5.74. The highest BCUT2D eigenvalue weighted by molar-refractivity contribution is 7.89. The molecular formula is C28H35NO3SSi. The van der Waals surface area contributed by atoms with Crippen molar-refractivity contribution in [2.45, 2.75) is 43.7 Å². The van der Waals surface area contributed by atoms with Gasteiger partial charge in [0.2, 0.25) is 10.0 Å². The van der Waals surface area contributed by atoms with Gasteiger partial charge >= 0.3 is 0 Å². The number of rotatable bonds is 10. The molecule has 1 aliphatic rings. The van der Waals surface area contributed by atoms with Crippen molar-refractivity contribution in [2.75, 3.05) is 18.9 Å². The molecule has 1 fully saturated rings. The van der Waals surface area contributed by atoms with E-state index in [0.717, 1.165) is 22.7 Å². The fraction of sp³-hybridized carbons (Fsp3) is 0.357. The van der Waals surface area contributed by atoms with Crippen molar-refractivity contribution < 1.29 is 13.2 Å². The van der Waals surface area contributed by atoms with Gasteiger partial charge in [-0.05, 0) is 29.7 Å². The van der Waals surface area contributed by atoms with Gasteiger partial charge in [0.25, 0.3) is 0 Å². The Kier molecular flexibility index (Phi) is 6.89. The Balaban J connectivity index is 1.68. The molecule has 0 aliphatic carbocycles. The highest BCUT2D eigenvalue weighted by atomic mass is 32.2. The minimum absolute atomic E-state index is 0.222. The van der Waals surface area contributed by atoms with Crippen LogP contribution < -0.4 is 0 Å². The van der Waals surface area contributed by atoms with E-state index >= 15 is 0 Å². The SMILES string of the molecule is C[C@@]1(COC(c2ccccc2)(c2ccccc2)c2ccccc2)CN1S(=O)(=O)CC[Si](C)(C)C. The summed E-state index contributed by atoms with van der Waals surface area (Å²) in [7, 11) is -4.75. The first-order valence-electron chi connectivity index (χ1n) is 11.9. The summed E-state index contributed by atoms with van der Waals surface area (Å²) in [5.41, 5.74) is 1.67. The molecule has 0 N–H and O–H groups in total. The van der Waals surface area contributed by atoms with E-state index in [2.05, 4.69) is 56.0 Å². The van der Waals surface area contributed by atoms with Gasteiger partial charge in [-0.25, -0.2) is 8.42 Å². The van der Waals surface area contributed by atoms with Crippen LogP contribution in [0.3, 0.4) is 0 Å². The number of hydrogen-bond donors (Lipinski definition) is 0. The molecule has 0 amide bonds. The number of benzene rings is 3. The molecule has 6 heteroatoms. The van der Waals surface area contributed by atoms with Crippen LogP contribution in [0.25, 0.3) is 0 Å². The van der Waals surface area contributed by atoms with Crippen molar-refractivity contribution in [1.82, 2.24) is 4.31 Å². The molecule has 180 valence electrons. The van der Waals surface area contributed by atoms with Crippen molar-refractivity contribution in [1.29, 1.82) is 0 Å². The maximum Gasteiger partial charge on any atom is 0.214 e. The van der Waals surface area contributed by atoms with Gasteiger partial charge in [-0.1, -0.05) is 111 Å². The molecule has 4 rings (SSSR count). The molecule has 1 saturated heterocycles. The summed E-state index contributed by atoms with van der Waals surface area (Å²) < 4.78 is 34.7. The smallest absolute Gasteiger partial charge is 0.214 e. The molecule has 0 saturated carbocycles. The summed E-state index contributed by atoms with van der Waals surface area (Å²) in [6.07, 6.45) is 0. The van der Waals surface area contributed by atoms with Crippen molar-refractivity contribution in [2.24, 2.45) is 0 Å². The van der Waals surface area contributed by atoms with Gasteiger partial charge in [0.15, 0.2) is 0 Å². The van der Waals surface area contributed by atoms with Crippen molar-refractivity contribution in [3.8, 4) is 0 Å². The van der Waals surface area contributed by atoms with E-state index in [0.29, 0.717) is 13.2 Å². The lowest BCUT2D eigenvalue weighted by Gasteiger charge is -2.37. The van der Waals surface area contributed by atoms with Gasteiger partial charge in [0, 0.05) is 14.6 Å². The second-order valence-corrected chi connectivity index (χ2v) is 18.3. The first kappa shape index (κ1) is 24.9. The minimum Gasteiger partial charge on any atom is -0.359 e. The fourth-order valence-electron chi connectivity index (χ4n) is 4.40. The van der Waals surface area contributed by atoms with E-state index in [1.807, 2.05) is 61.5 Å². The van der Waals surface area contributed by atoms with Crippen LogP contribution in [0, 0.1) is 0 Å². The van der Waals surface area contributed by atoms with E-state index in [-0.39, 0.29) is 5.75 Å². The van der Waals surface area contributed by atoms with Crippen LogP contribution in [0.5, 0.6) is 0 Å². The molecule has 1 aliphatic heterocycles. The third-order valence-electron chi connectivity index (χ3n) is 6.57. The predicted molar refractivity (Wildman–Crippen MR) is 142 cm³/mol. The maximum absolute atomic E-state index is 13.1. The van der Waals surface area contributed by atoms with Gasteiger partial charge < -0.3 is 4.74 Å². The lowest BCUT2D eigenvalue weighted by molar-refractivity contribution is -0.00138. The molecule has 0 spiro atoms. The largest absolute Gasteiger partial charge is 0.359 e. The normalized spacial score (nSPS) is 20.8. The topological polar surface area (TPSA) is 46.4 Å². The summed E-state index contributed by atoms with van der Waals surface area (Å²) in [5, 5.41) is 0. The molecule has 1 heterocycles. The average Bonchev–Trinajstić information content (AvgIpc) is 3.53. The van der Waals surface area contributed by atoms with E-state index in [9.17, 15) is 8.42 Å². The Bertz CT molecular complexity index is 1100. The summed E-state index contributed by atoms with van der Waals surface area (Å²) in [5.74, 6) is 0.222. The standard InChI is InChI=1S/C28H35NO3SSi/c1-27(22-29(27)33(30,31)20-21-34(2,3)4)23-32-28(24-14-8-5-9-15-24,25-16-10-6-11-17-25)26-18-12-7-13-19-26/h5-19H,20-23H2,1-4H3/t27-,29?/m0/s1. The Morgan fingerprint density at radius 1 is 0.824 bits per heavy atom. The quantitative estimate of drug-likeness (QED) is 0.206. The zero-order valence-electron chi connectivity index (χ0n) is 20.6. The number of nitrogens with zero attached hydrogens (tertiary/aromatic N) is 1. The second-order valence-electron chi connectivity index (χ2n) is 10.7. The van der Waals surface area contributed by atoms with Gasteiger partial charge in [0.05, 0.1) is 17.9 Å². The first-order valence-corrected chi connectivity index (χ1v) is 17.2. The van der Waals surface area contributed by atoms with Crippen molar-refractivity contribution in [3.63, 3.8) is 0 Å². The molecule has 2 atom stereocenters. The number of ether oxygens (including phenoxy) is 1. The maximum atomic E-state index is 13.1. The van der Waals surface area contributed by atoms with Crippen molar-refractivity contribution in [3.05, 3.63) is 108 Å². The fourth-order valence-corrected chi connectivity index (χ4v) is 9.30. The zero-order valence-corrected chi connectivity index (χ0v) is 22.4. The Morgan fingerprint density at radius 3 is 1.62 bits per heavy atom. The summed E-state index contributed by atoms with van der Waals surface area (Å²) in [6, 6.07) is 31.4. The third-order valence-corrected chi connectivity index (χ3v) is 10.6.